The van der Waals surface area contributed by atoms with Gasteiger partial charge in [-0.3, -0.25) is 0 Å². The van der Waals surface area contributed by atoms with E-state index < -0.39 is 11.9 Å². The van der Waals surface area contributed by atoms with Gasteiger partial charge < -0.3 is 14.7 Å². The Labute approximate surface area is 123 Å². The van der Waals surface area contributed by atoms with E-state index in [9.17, 15) is 9.50 Å². The van der Waals surface area contributed by atoms with Crippen molar-refractivity contribution >= 4 is 5.69 Å². The van der Waals surface area contributed by atoms with Gasteiger partial charge in [0.1, 0.15) is 17.7 Å². The first-order chi connectivity index (χ1) is 10.1. The molecule has 1 unspecified atom stereocenters. The molecule has 3 nitrogen and oxygen atoms in total. The summed E-state index contributed by atoms with van der Waals surface area (Å²) in [6, 6.07) is 10.3. The second kappa shape index (κ2) is 5.37. The first-order valence-corrected chi connectivity index (χ1v) is 6.95. The van der Waals surface area contributed by atoms with Gasteiger partial charge >= 0.3 is 0 Å². The van der Waals surface area contributed by atoms with Gasteiger partial charge in [0.2, 0.25) is 0 Å². The van der Waals surface area contributed by atoms with Crippen LogP contribution in [-0.4, -0.2) is 25.8 Å². The minimum atomic E-state index is -0.966. The molecule has 0 aliphatic carbocycles. The first kappa shape index (κ1) is 13.9. The van der Waals surface area contributed by atoms with Crippen molar-refractivity contribution in [1.82, 2.24) is 0 Å². The fourth-order valence-electron chi connectivity index (χ4n) is 2.79. The van der Waals surface area contributed by atoms with E-state index in [2.05, 4.69) is 4.90 Å². The van der Waals surface area contributed by atoms with E-state index in [1.54, 1.807) is 12.1 Å². The maximum atomic E-state index is 14.1. The summed E-state index contributed by atoms with van der Waals surface area (Å²) in [6.07, 6.45) is -0.00980. The molecule has 0 radical (unpaired) electrons. The molecule has 1 aliphatic rings. The van der Waals surface area contributed by atoms with Gasteiger partial charge in [0, 0.05) is 30.9 Å². The molecule has 0 amide bonds. The van der Waals surface area contributed by atoms with Gasteiger partial charge in [-0.15, -0.1) is 0 Å². The van der Waals surface area contributed by atoms with E-state index >= 15 is 0 Å². The molecule has 0 bridgehead atoms. The van der Waals surface area contributed by atoms with Crippen molar-refractivity contribution in [2.45, 2.75) is 12.5 Å². The summed E-state index contributed by atoms with van der Waals surface area (Å²) < 4.78 is 19.0. The molecular weight excluding hydrogens is 269 g/mol. The van der Waals surface area contributed by atoms with Gasteiger partial charge in [-0.1, -0.05) is 12.1 Å². The summed E-state index contributed by atoms with van der Waals surface area (Å²) in [7, 11) is 3.53. The Morgan fingerprint density at radius 1 is 1.24 bits per heavy atom. The Balaban J connectivity index is 1.94. The molecule has 21 heavy (non-hydrogen) atoms. The highest BCUT2D eigenvalue weighted by Crippen LogP contribution is 2.32. The Hall–Kier alpha value is -2.07. The largest absolute Gasteiger partial charge is 0.497 e. The van der Waals surface area contributed by atoms with Gasteiger partial charge in [0.25, 0.3) is 0 Å². The number of hydrogen-bond donors (Lipinski definition) is 1. The van der Waals surface area contributed by atoms with Crippen molar-refractivity contribution in [1.29, 1.82) is 0 Å². The standard InChI is InChI=1S/C17H18FNO2/c1-19-8-7-11-9-12(3-6-16(11)19)17(20)14-5-4-13(21-2)10-15(14)18/h3-6,9-10,17,20H,7-8H2,1-2H3. The van der Waals surface area contributed by atoms with E-state index in [0.29, 0.717) is 11.3 Å². The Kier molecular flexibility index (Phi) is 3.55. The van der Waals surface area contributed by atoms with Crippen molar-refractivity contribution in [3.63, 3.8) is 0 Å². The van der Waals surface area contributed by atoms with Crippen LogP contribution in [0.3, 0.4) is 0 Å². The number of aliphatic hydroxyl groups is 1. The molecule has 0 aromatic heterocycles. The average molecular weight is 287 g/mol. The number of ether oxygens (including phenoxy) is 1. The van der Waals surface area contributed by atoms with Crippen molar-refractivity contribution in [2.75, 3.05) is 25.6 Å². The van der Waals surface area contributed by atoms with Crippen molar-refractivity contribution in [2.24, 2.45) is 0 Å². The molecule has 1 N–H and O–H groups in total. The third-order valence-corrected chi connectivity index (χ3v) is 4.05. The zero-order valence-electron chi connectivity index (χ0n) is 12.1. The van der Waals surface area contributed by atoms with Crippen LogP contribution in [0.2, 0.25) is 0 Å². The number of halogens is 1. The number of likely N-dealkylation sites (N-methyl/N-ethyl adjacent to an activating group) is 1. The first-order valence-electron chi connectivity index (χ1n) is 6.95. The number of methoxy groups -OCH3 is 1. The van der Waals surface area contributed by atoms with E-state index in [0.717, 1.165) is 13.0 Å². The molecule has 2 aromatic carbocycles. The number of fused-ring (bicyclic) bond motifs is 1. The lowest BCUT2D eigenvalue weighted by Crippen LogP contribution is -2.12. The molecule has 0 saturated carbocycles. The lowest BCUT2D eigenvalue weighted by Gasteiger charge is -2.16. The fourth-order valence-corrected chi connectivity index (χ4v) is 2.79. The van der Waals surface area contributed by atoms with Crippen LogP contribution in [0.15, 0.2) is 36.4 Å². The number of benzene rings is 2. The minimum absolute atomic E-state index is 0.266. The molecule has 1 heterocycles. The smallest absolute Gasteiger partial charge is 0.133 e. The van der Waals surface area contributed by atoms with Crippen LogP contribution in [0.5, 0.6) is 5.75 Å². The zero-order chi connectivity index (χ0) is 15.0. The second-order valence-corrected chi connectivity index (χ2v) is 5.35. The molecule has 4 heteroatoms. The summed E-state index contributed by atoms with van der Waals surface area (Å²) in [5.41, 5.74) is 3.36. The summed E-state index contributed by atoms with van der Waals surface area (Å²) in [6.45, 7) is 0.978. The molecule has 3 rings (SSSR count). The third-order valence-electron chi connectivity index (χ3n) is 4.05. The SMILES string of the molecule is COc1ccc(C(O)c2ccc3c(c2)CCN3C)c(F)c1. The normalized spacial score (nSPS) is 15.0. The molecule has 0 spiro atoms. The predicted molar refractivity (Wildman–Crippen MR) is 80.4 cm³/mol. The topological polar surface area (TPSA) is 32.7 Å². The number of anilines is 1. The molecular formula is C17H18FNO2. The van der Waals surface area contributed by atoms with E-state index in [4.69, 9.17) is 4.74 Å². The lowest BCUT2D eigenvalue weighted by molar-refractivity contribution is 0.214. The zero-order valence-corrected chi connectivity index (χ0v) is 12.1. The fraction of sp³-hybridized carbons (Fsp3) is 0.294. The Morgan fingerprint density at radius 2 is 2.05 bits per heavy atom. The second-order valence-electron chi connectivity index (χ2n) is 5.35. The number of aliphatic hydroxyl groups excluding tert-OH is 1. The van der Waals surface area contributed by atoms with E-state index in [1.165, 1.54) is 24.4 Å². The van der Waals surface area contributed by atoms with Crippen molar-refractivity contribution < 1.29 is 14.2 Å². The van der Waals surface area contributed by atoms with Gasteiger partial charge in [0.05, 0.1) is 7.11 Å². The van der Waals surface area contributed by atoms with E-state index in [-0.39, 0.29) is 5.56 Å². The molecule has 0 saturated heterocycles. The Bertz CT molecular complexity index is 672. The van der Waals surface area contributed by atoms with Gasteiger partial charge in [-0.05, 0) is 35.7 Å². The highest BCUT2D eigenvalue weighted by atomic mass is 19.1. The molecule has 0 fully saturated rings. The number of hydrogen-bond acceptors (Lipinski definition) is 3. The number of nitrogens with zero attached hydrogens (tertiary/aromatic N) is 1. The van der Waals surface area contributed by atoms with Crippen molar-refractivity contribution in [3.8, 4) is 5.75 Å². The molecule has 1 aliphatic heterocycles. The summed E-state index contributed by atoms with van der Waals surface area (Å²) in [5, 5.41) is 10.4. The van der Waals surface area contributed by atoms with Crippen LogP contribution in [-0.2, 0) is 6.42 Å². The van der Waals surface area contributed by atoms with Crippen LogP contribution >= 0.6 is 0 Å². The van der Waals surface area contributed by atoms with Crippen LogP contribution in [0.25, 0.3) is 0 Å². The Morgan fingerprint density at radius 3 is 2.76 bits per heavy atom. The highest BCUT2D eigenvalue weighted by molar-refractivity contribution is 5.59. The number of rotatable bonds is 3. The van der Waals surface area contributed by atoms with Crippen LogP contribution < -0.4 is 9.64 Å². The van der Waals surface area contributed by atoms with Crippen LogP contribution in [0.1, 0.15) is 22.8 Å². The molecule has 1 atom stereocenters. The summed E-state index contributed by atoms with van der Waals surface area (Å²) >= 11 is 0. The summed E-state index contributed by atoms with van der Waals surface area (Å²) in [4.78, 5) is 2.18. The maximum Gasteiger partial charge on any atom is 0.133 e. The maximum absolute atomic E-state index is 14.1. The van der Waals surface area contributed by atoms with Crippen LogP contribution in [0, 0.1) is 5.82 Å². The minimum Gasteiger partial charge on any atom is -0.497 e. The highest BCUT2D eigenvalue weighted by Gasteiger charge is 2.20. The monoisotopic (exact) mass is 287 g/mol. The van der Waals surface area contributed by atoms with Crippen LogP contribution in [0.4, 0.5) is 10.1 Å². The van der Waals surface area contributed by atoms with Gasteiger partial charge in [-0.25, -0.2) is 4.39 Å². The summed E-state index contributed by atoms with van der Waals surface area (Å²) in [5.74, 6) is -0.0153. The quantitative estimate of drug-likeness (QED) is 0.942. The van der Waals surface area contributed by atoms with E-state index in [1.807, 2.05) is 25.2 Å². The third kappa shape index (κ3) is 2.47. The molecule has 110 valence electrons. The van der Waals surface area contributed by atoms with Gasteiger partial charge in [0.15, 0.2) is 0 Å². The van der Waals surface area contributed by atoms with Gasteiger partial charge in [-0.2, -0.15) is 0 Å². The molecule has 2 aromatic rings. The van der Waals surface area contributed by atoms with Crippen molar-refractivity contribution in [3.05, 3.63) is 58.9 Å². The predicted octanol–water partition coefficient (Wildman–Crippen LogP) is 2.91. The average Bonchev–Trinajstić information content (AvgIpc) is 2.87. The lowest BCUT2D eigenvalue weighted by atomic mass is 9.98.